The van der Waals surface area contributed by atoms with Gasteiger partial charge in [-0.1, -0.05) is 30.3 Å². The zero-order chi connectivity index (χ0) is 19.8. The summed E-state index contributed by atoms with van der Waals surface area (Å²) in [7, 11) is 0. The SMILES string of the molecule is Cc1nn(-c2ccccc2)c(C)c1N[C@@H](C)c1nc2ccccc2n1C(F)F. The number of aryl methyl sites for hydroxylation is 1. The highest BCUT2D eigenvalue weighted by Gasteiger charge is 2.23. The lowest BCUT2D eigenvalue weighted by atomic mass is 10.2. The molecule has 0 saturated heterocycles. The van der Waals surface area contributed by atoms with E-state index < -0.39 is 12.6 Å². The van der Waals surface area contributed by atoms with Crippen molar-refractivity contribution in [2.45, 2.75) is 33.4 Å². The van der Waals surface area contributed by atoms with Gasteiger partial charge in [-0.15, -0.1) is 0 Å². The van der Waals surface area contributed by atoms with Crippen molar-refractivity contribution in [2.75, 3.05) is 5.32 Å². The van der Waals surface area contributed by atoms with Crippen LogP contribution in [0.25, 0.3) is 16.7 Å². The van der Waals surface area contributed by atoms with Gasteiger partial charge in [0.15, 0.2) is 0 Å². The van der Waals surface area contributed by atoms with Gasteiger partial charge < -0.3 is 5.32 Å². The molecule has 0 spiro atoms. The van der Waals surface area contributed by atoms with Gasteiger partial charge in [-0.3, -0.25) is 4.57 Å². The molecule has 1 N–H and O–H groups in total. The molecule has 0 saturated carbocycles. The molecule has 2 heterocycles. The van der Waals surface area contributed by atoms with Crippen LogP contribution >= 0.6 is 0 Å². The van der Waals surface area contributed by atoms with E-state index in [1.54, 1.807) is 24.3 Å². The van der Waals surface area contributed by atoms with Crippen LogP contribution in [-0.2, 0) is 0 Å². The maximum absolute atomic E-state index is 13.8. The first-order chi connectivity index (χ1) is 13.5. The van der Waals surface area contributed by atoms with Crippen molar-refractivity contribution in [3.05, 3.63) is 71.8 Å². The highest BCUT2D eigenvalue weighted by atomic mass is 19.3. The number of para-hydroxylation sites is 3. The van der Waals surface area contributed by atoms with Crippen LogP contribution in [0.2, 0.25) is 0 Å². The van der Waals surface area contributed by atoms with E-state index in [2.05, 4.69) is 15.4 Å². The van der Waals surface area contributed by atoms with E-state index in [0.717, 1.165) is 27.3 Å². The maximum atomic E-state index is 13.8. The molecule has 28 heavy (non-hydrogen) atoms. The summed E-state index contributed by atoms with van der Waals surface area (Å²) in [5.41, 5.74) is 4.46. The van der Waals surface area contributed by atoms with E-state index in [-0.39, 0.29) is 0 Å². The number of hydrogen-bond donors (Lipinski definition) is 1. The first-order valence-corrected chi connectivity index (χ1v) is 9.10. The number of nitrogens with one attached hydrogen (secondary N) is 1. The number of alkyl halides is 2. The normalized spacial score (nSPS) is 12.6. The molecule has 0 radical (unpaired) electrons. The summed E-state index contributed by atoms with van der Waals surface area (Å²) in [4.78, 5) is 4.45. The minimum Gasteiger partial charge on any atom is -0.372 e. The predicted molar refractivity (Wildman–Crippen MR) is 106 cm³/mol. The summed E-state index contributed by atoms with van der Waals surface area (Å²) >= 11 is 0. The number of hydrogen-bond acceptors (Lipinski definition) is 3. The van der Waals surface area contributed by atoms with Crippen LogP contribution in [0, 0.1) is 13.8 Å². The zero-order valence-electron chi connectivity index (χ0n) is 15.9. The van der Waals surface area contributed by atoms with Gasteiger partial charge >= 0.3 is 6.55 Å². The molecular formula is C21H21F2N5. The molecule has 0 bridgehead atoms. The second kappa shape index (κ2) is 7.07. The fourth-order valence-electron chi connectivity index (χ4n) is 3.53. The van der Waals surface area contributed by atoms with Crippen LogP contribution in [0.5, 0.6) is 0 Å². The van der Waals surface area contributed by atoms with Gasteiger partial charge in [0.1, 0.15) is 5.82 Å². The van der Waals surface area contributed by atoms with Crippen LogP contribution in [0.4, 0.5) is 14.5 Å². The van der Waals surface area contributed by atoms with E-state index >= 15 is 0 Å². The third-order valence-electron chi connectivity index (χ3n) is 4.86. The van der Waals surface area contributed by atoms with Crippen LogP contribution in [0.3, 0.4) is 0 Å². The van der Waals surface area contributed by atoms with Gasteiger partial charge in [-0.25, -0.2) is 9.67 Å². The summed E-state index contributed by atoms with van der Waals surface area (Å²) in [5.74, 6) is 0.294. The molecule has 5 nitrogen and oxygen atoms in total. The molecule has 0 fully saturated rings. The molecule has 144 valence electrons. The summed E-state index contributed by atoms with van der Waals surface area (Å²) in [6.07, 6.45) is 0. The van der Waals surface area contributed by atoms with Crippen molar-refractivity contribution >= 4 is 16.7 Å². The highest BCUT2D eigenvalue weighted by Crippen LogP contribution is 2.31. The van der Waals surface area contributed by atoms with Crippen LogP contribution in [0.1, 0.15) is 36.7 Å². The number of nitrogens with zero attached hydrogens (tertiary/aromatic N) is 4. The minimum absolute atomic E-state index is 0.294. The molecule has 1 atom stereocenters. The molecule has 0 aliphatic carbocycles. The Morgan fingerprint density at radius 1 is 0.964 bits per heavy atom. The lowest BCUT2D eigenvalue weighted by molar-refractivity contribution is 0.0708. The molecular weight excluding hydrogens is 360 g/mol. The molecule has 7 heteroatoms. The number of benzene rings is 2. The number of halogens is 2. The largest absolute Gasteiger partial charge is 0.372 e. The van der Waals surface area contributed by atoms with Crippen LogP contribution in [0.15, 0.2) is 54.6 Å². The molecule has 0 amide bonds. The topological polar surface area (TPSA) is 47.7 Å². The van der Waals surface area contributed by atoms with Crippen LogP contribution < -0.4 is 5.32 Å². The van der Waals surface area contributed by atoms with E-state index in [4.69, 9.17) is 0 Å². The van der Waals surface area contributed by atoms with Gasteiger partial charge in [0.25, 0.3) is 0 Å². The number of fused-ring (bicyclic) bond motifs is 1. The van der Waals surface area contributed by atoms with Crippen molar-refractivity contribution in [1.29, 1.82) is 0 Å². The third kappa shape index (κ3) is 3.02. The average molecular weight is 381 g/mol. The molecule has 2 aromatic carbocycles. The molecule has 4 rings (SSSR count). The summed E-state index contributed by atoms with van der Waals surface area (Å²) < 4.78 is 30.3. The predicted octanol–water partition coefficient (Wildman–Crippen LogP) is 5.41. The molecule has 0 aliphatic rings. The van der Waals surface area contributed by atoms with E-state index in [1.165, 1.54) is 0 Å². The van der Waals surface area contributed by atoms with E-state index in [9.17, 15) is 8.78 Å². The Labute approximate surface area is 161 Å². The summed E-state index contributed by atoms with van der Waals surface area (Å²) in [6.45, 7) is 3.02. The van der Waals surface area contributed by atoms with Gasteiger partial charge in [0.2, 0.25) is 0 Å². The Balaban J connectivity index is 1.72. The highest BCUT2D eigenvalue weighted by molar-refractivity contribution is 5.76. The first-order valence-electron chi connectivity index (χ1n) is 9.10. The second-order valence-corrected chi connectivity index (χ2v) is 6.77. The molecule has 4 aromatic rings. The fraction of sp³-hybridized carbons (Fsp3) is 0.238. The number of rotatable bonds is 5. The Morgan fingerprint density at radius 3 is 2.36 bits per heavy atom. The Morgan fingerprint density at radius 2 is 1.64 bits per heavy atom. The van der Waals surface area contributed by atoms with Gasteiger partial charge in [0.05, 0.1) is 39.8 Å². The third-order valence-corrected chi connectivity index (χ3v) is 4.86. The average Bonchev–Trinajstić information content (AvgIpc) is 3.22. The van der Waals surface area contributed by atoms with Gasteiger partial charge in [-0.2, -0.15) is 13.9 Å². The minimum atomic E-state index is -2.67. The summed E-state index contributed by atoms with van der Waals surface area (Å²) in [5, 5.41) is 7.95. The number of aromatic nitrogens is 4. The maximum Gasteiger partial charge on any atom is 0.320 e. The van der Waals surface area contributed by atoms with Gasteiger partial charge in [0, 0.05) is 0 Å². The summed E-state index contributed by atoms with van der Waals surface area (Å²) in [6, 6.07) is 16.3. The molecule has 2 aromatic heterocycles. The molecule has 0 aliphatic heterocycles. The molecule has 0 unspecified atom stereocenters. The van der Waals surface area contributed by atoms with Crippen molar-refractivity contribution in [2.24, 2.45) is 0 Å². The van der Waals surface area contributed by atoms with Crippen molar-refractivity contribution in [1.82, 2.24) is 19.3 Å². The Hall–Kier alpha value is -3.22. The Kier molecular flexibility index (Phi) is 4.58. The van der Waals surface area contributed by atoms with E-state index in [0.29, 0.717) is 16.9 Å². The van der Waals surface area contributed by atoms with Crippen molar-refractivity contribution < 1.29 is 8.78 Å². The first kappa shape index (κ1) is 18.2. The lowest BCUT2D eigenvalue weighted by Crippen LogP contribution is -2.15. The van der Waals surface area contributed by atoms with Gasteiger partial charge in [-0.05, 0) is 45.0 Å². The lowest BCUT2D eigenvalue weighted by Gasteiger charge is -2.17. The standard InChI is InChI=1S/C21H21F2N5/c1-13-19(15(3)28(26-13)16-9-5-4-6-10-16)24-14(2)20-25-17-11-7-8-12-18(17)27(20)21(22)23/h4-12,14,21,24H,1-3H3/t14-/m0/s1. The Bertz CT molecular complexity index is 1110. The number of anilines is 1. The fourth-order valence-corrected chi connectivity index (χ4v) is 3.53. The monoisotopic (exact) mass is 381 g/mol. The van der Waals surface area contributed by atoms with Crippen molar-refractivity contribution in [3.63, 3.8) is 0 Å². The quantitative estimate of drug-likeness (QED) is 0.503. The second-order valence-electron chi connectivity index (χ2n) is 6.77. The number of imidazole rings is 1. The zero-order valence-corrected chi connectivity index (χ0v) is 15.9. The van der Waals surface area contributed by atoms with E-state index in [1.807, 2.05) is 55.8 Å². The smallest absolute Gasteiger partial charge is 0.320 e. The van der Waals surface area contributed by atoms with Crippen molar-refractivity contribution in [3.8, 4) is 5.69 Å². The van der Waals surface area contributed by atoms with Crippen LogP contribution in [-0.4, -0.2) is 19.3 Å².